The van der Waals surface area contributed by atoms with E-state index in [1.54, 1.807) is 0 Å². The van der Waals surface area contributed by atoms with Crippen molar-refractivity contribution in [2.75, 3.05) is 13.1 Å². The Morgan fingerprint density at radius 2 is 1.73 bits per heavy atom. The minimum absolute atomic E-state index is 0.102. The van der Waals surface area contributed by atoms with Crippen LogP contribution >= 0.6 is 0 Å². The Bertz CT molecular complexity index is 482. The fourth-order valence-corrected chi connectivity index (χ4v) is 2.84. The van der Waals surface area contributed by atoms with Gasteiger partial charge in [0.05, 0.1) is 0 Å². The zero-order chi connectivity index (χ0) is 16.0. The van der Waals surface area contributed by atoms with Crippen LogP contribution < -0.4 is 5.32 Å². The standard InChI is InChI=1S/C19H30N2O/c1-19(2,3)18(22)20-14-16-9-8-10-17(13-16)15-21-11-6-4-5-7-12-21/h8-10,13H,4-7,11-12,14-15H2,1-3H3,(H,20,22). The first-order valence-corrected chi connectivity index (χ1v) is 8.53. The summed E-state index contributed by atoms with van der Waals surface area (Å²) in [7, 11) is 0. The van der Waals surface area contributed by atoms with Crippen molar-refractivity contribution in [3.8, 4) is 0 Å². The number of carbonyl (C=O) groups is 1. The van der Waals surface area contributed by atoms with Gasteiger partial charge in [-0.2, -0.15) is 0 Å². The van der Waals surface area contributed by atoms with Gasteiger partial charge in [0.1, 0.15) is 0 Å². The average molecular weight is 302 g/mol. The molecule has 1 aromatic rings. The van der Waals surface area contributed by atoms with Crippen LogP contribution in [-0.2, 0) is 17.9 Å². The van der Waals surface area contributed by atoms with E-state index in [2.05, 4.69) is 34.5 Å². The smallest absolute Gasteiger partial charge is 0.225 e. The van der Waals surface area contributed by atoms with Crippen LogP contribution in [0.15, 0.2) is 24.3 Å². The lowest BCUT2D eigenvalue weighted by Crippen LogP contribution is -2.34. The number of nitrogens with one attached hydrogen (secondary N) is 1. The molecule has 3 heteroatoms. The predicted molar refractivity (Wildman–Crippen MR) is 91.5 cm³/mol. The Morgan fingerprint density at radius 3 is 2.36 bits per heavy atom. The van der Waals surface area contributed by atoms with Crippen molar-refractivity contribution in [1.29, 1.82) is 0 Å². The molecule has 1 aliphatic heterocycles. The molecule has 0 unspecified atom stereocenters. The molecule has 1 N–H and O–H groups in total. The molecule has 122 valence electrons. The normalized spacial score (nSPS) is 17.0. The fourth-order valence-electron chi connectivity index (χ4n) is 2.84. The Hall–Kier alpha value is -1.35. The van der Waals surface area contributed by atoms with E-state index in [4.69, 9.17) is 0 Å². The maximum Gasteiger partial charge on any atom is 0.225 e. The Morgan fingerprint density at radius 1 is 1.09 bits per heavy atom. The zero-order valence-electron chi connectivity index (χ0n) is 14.3. The Kier molecular flexibility index (Phi) is 6.01. The second-order valence-electron chi connectivity index (χ2n) is 7.44. The fraction of sp³-hybridized carbons (Fsp3) is 0.632. The van der Waals surface area contributed by atoms with Gasteiger partial charge in [0.2, 0.25) is 5.91 Å². The third-order valence-electron chi connectivity index (χ3n) is 4.23. The highest BCUT2D eigenvalue weighted by atomic mass is 16.2. The first-order valence-electron chi connectivity index (χ1n) is 8.53. The van der Waals surface area contributed by atoms with Crippen LogP contribution in [0.1, 0.15) is 57.6 Å². The molecule has 1 aromatic carbocycles. The minimum Gasteiger partial charge on any atom is -0.352 e. The van der Waals surface area contributed by atoms with Gasteiger partial charge < -0.3 is 5.32 Å². The number of likely N-dealkylation sites (tertiary alicyclic amines) is 1. The summed E-state index contributed by atoms with van der Waals surface area (Å²) in [5, 5.41) is 3.03. The zero-order valence-corrected chi connectivity index (χ0v) is 14.3. The summed E-state index contributed by atoms with van der Waals surface area (Å²) in [6, 6.07) is 8.62. The molecule has 0 radical (unpaired) electrons. The van der Waals surface area contributed by atoms with E-state index in [0.29, 0.717) is 6.54 Å². The van der Waals surface area contributed by atoms with Gasteiger partial charge in [-0.05, 0) is 37.1 Å². The van der Waals surface area contributed by atoms with Gasteiger partial charge in [0.25, 0.3) is 0 Å². The van der Waals surface area contributed by atoms with Crippen molar-refractivity contribution in [1.82, 2.24) is 10.2 Å². The second-order valence-corrected chi connectivity index (χ2v) is 7.44. The van der Waals surface area contributed by atoms with Gasteiger partial charge in [-0.3, -0.25) is 9.69 Å². The van der Waals surface area contributed by atoms with E-state index >= 15 is 0 Å². The number of benzene rings is 1. The molecule has 3 nitrogen and oxygen atoms in total. The summed E-state index contributed by atoms with van der Waals surface area (Å²) in [5.74, 6) is 0.102. The molecule has 1 aliphatic rings. The van der Waals surface area contributed by atoms with Crippen molar-refractivity contribution >= 4 is 5.91 Å². The van der Waals surface area contributed by atoms with Gasteiger partial charge in [-0.25, -0.2) is 0 Å². The summed E-state index contributed by atoms with van der Waals surface area (Å²) in [6.45, 7) is 9.90. The van der Waals surface area contributed by atoms with Gasteiger partial charge >= 0.3 is 0 Å². The van der Waals surface area contributed by atoms with Crippen LogP contribution in [0.3, 0.4) is 0 Å². The van der Waals surface area contributed by atoms with Crippen LogP contribution in [0.4, 0.5) is 0 Å². The first-order chi connectivity index (χ1) is 10.4. The number of rotatable bonds is 4. The predicted octanol–water partition coefficient (Wildman–Crippen LogP) is 3.72. The monoisotopic (exact) mass is 302 g/mol. The van der Waals surface area contributed by atoms with E-state index in [0.717, 1.165) is 6.54 Å². The number of nitrogens with zero attached hydrogens (tertiary/aromatic N) is 1. The molecule has 0 aliphatic carbocycles. The summed E-state index contributed by atoms with van der Waals surface area (Å²) in [4.78, 5) is 14.5. The third kappa shape index (κ3) is 5.45. The average Bonchev–Trinajstić information content (AvgIpc) is 2.73. The summed E-state index contributed by atoms with van der Waals surface area (Å²) in [5.41, 5.74) is 2.21. The molecule has 1 saturated heterocycles. The molecule has 1 fully saturated rings. The minimum atomic E-state index is -0.330. The number of carbonyl (C=O) groups excluding carboxylic acids is 1. The number of hydrogen-bond donors (Lipinski definition) is 1. The highest BCUT2D eigenvalue weighted by Gasteiger charge is 2.20. The van der Waals surface area contributed by atoms with Crippen molar-refractivity contribution < 1.29 is 4.79 Å². The molecular weight excluding hydrogens is 272 g/mol. The highest BCUT2D eigenvalue weighted by Crippen LogP contribution is 2.15. The SMILES string of the molecule is CC(C)(C)C(=O)NCc1cccc(CN2CCCCCC2)c1. The maximum atomic E-state index is 12.0. The van der Waals surface area contributed by atoms with Crippen molar-refractivity contribution in [3.63, 3.8) is 0 Å². The van der Waals surface area contributed by atoms with Gasteiger partial charge in [0.15, 0.2) is 0 Å². The van der Waals surface area contributed by atoms with Crippen LogP contribution in [0.25, 0.3) is 0 Å². The lowest BCUT2D eigenvalue weighted by molar-refractivity contribution is -0.128. The van der Waals surface area contributed by atoms with Crippen molar-refractivity contribution in [2.24, 2.45) is 5.41 Å². The van der Waals surface area contributed by atoms with Crippen LogP contribution in [0.2, 0.25) is 0 Å². The van der Waals surface area contributed by atoms with Crippen LogP contribution in [0.5, 0.6) is 0 Å². The van der Waals surface area contributed by atoms with E-state index in [1.807, 2.05) is 20.8 Å². The van der Waals surface area contributed by atoms with Gasteiger partial charge in [0, 0.05) is 18.5 Å². The summed E-state index contributed by atoms with van der Waals surface area (Å²) < 4.78 is 0. The number of amides is 1. The van der Waals surface area contributed by atoms with Gasteiger partial charge in [-0.15, -0.1) is 0 Å². The van der Waals surface area contributed by atoms with Crippen molar-refractivity contribution in [2.45, 2.75) is 59.5 Å². The Labute approximate surface area is 135 Å². The lowest BCUT2D eigenvalue weighted by Gasteiger charge is -2.20. The van der Waals surface area contributed by atoms with E-state index in [9.17, 15) is 4.79 Å². The van der Waals surface area contributed by atoms with E-state index < -0.39 is 0 Å². The lowest BCUT2D eigenvalue weighted by atomic mass is 9.95. The topological polar surface area (TPSA) is 32.3 Å². The molecular formula is C19H30N2O. The third-order valence-corrected chi connectivity index (χ3v) is 4.23. The summed E-state index contributed by atoms with van der Waals surface area (Å²) in [6.07, 6.45) is 5.38. The molecule has 0 bridgehead atoms. The molecule has 0 aromatic heterocycles. The molecule has 2 rings (SSSR count). The second kappa shape index (κ2) is 7.77. The molecule has 0 atom stereocenters. The van der Waals surface area contributed by atoms with Crippen LogP contribution in [0, 0.1) is 5.41 Å². The van der Waals surface area contributed by atoms with Crippen LogP contribution in [-0.4, -0.2) is 23.9 Å². The molecule has 1 amide bonds. The highest BCUT2D eigenvalue weighted by molar-refractivity contribution is 5.81. The maximum absolute atomic E-state index is 12.0. The Balaban J connectivity index is 1.90. The summed E-state index contributed by atoms with van der Waals surface area (Å²) >= 11 is 0. The molecule has 1 heterocycles. The van der Waals surface area contributed by atoms with Crippen molar-refractivity contribution in [3.05, 3.63) is 35.4 Å². The van der Waals surface area contributed by atoms with E-state index in [1.165, 1.54) is 49.9 Å². The van der Waals surface area contributed by atoms with Gasteiger partial charge in [-0.1, -0.05) is 57.9 Å². The quantitative estimate of drug-likeness (QED) is 0.919. The molecule has 22 heavy (non-hydrogen) atoms. The molecule has 0 saturated carbocycles. The number of hydrogen-bond acceptors (Lipinski definition) is 2. The van der Waals surface area contributed by atoms with E-state index in [-0.39, 0.29) is 11.3 Å². The molecule has 0 spiro atoms. The largest absolute Gasteiger partial charge is 0.352 e. The first kappa shape index (κ1) is 17.0.